The van der Waals surface area contributed by atoms with Gasteiger partial charge in [0.05, 0.1) is 15.9 Å². The van der Waals surface area contributed by atoms with Crippen LogP contribution in [0.3, 0.4) is 0 Å². The molecule has 0 bridgehead atoms. The molecule has 2 aromatic carbocycles. The summed E-state index contributed by atoms with van der Waals surface area (Å²) in [4.78, 5) is 15.5. The van der Waals surface area contributed by atoms with Crippen LogP contribution in [0.25, 0.3) is 16.7 Å². The standard InChI is InChI=1S/C22H25N3O3S/c1-22(2,3)16-8-10-18(11-9-16)29(27,28)24-14-12-17(13-15-24)25-20-7-5-4-6-19(20)23-21(25)26/h4-12H,13-15H2,1-3H3,(H,23,26). The largest absolute Gasteiger partial charge is 0.330 e. The molecule has 0 saturated heterocycles. The molecule has 29 heavy (non-hydrogen) atoms. The average Bonchev–Trinajstić information content (AvgIpc) is 3.03. The van der Waals surface area contributed by atoms with Gasteiger partial charge in [0.25, 0.3) is 0 Å². The average molecular weight is 412 g/mol. The molecule has 1 aliphatic rings. The molecule has 1 aromatic heterocycles. The fraction of sp³-hybridized carbons (Fsp3) is 0.318. The zero-order valence-electron chi connectivity index (χ0n) is 16.8. The number of fused-ring (bicyclic) bond motifs is 1. The predicted molar refractivity (Wildman–Crippen MR) is 115 cm³/mol. The number of sulfonamides is 1. The van der Waals surface area contributed by atoms with Crippen molar-refractivity contribution in [2.45, 2.75) is 37.5 Å². The summed E-state index contributed by atoms with van der Waals surface area (Å²) < 4.78 is 29.2. The number of benzene rings is 2. The molecule has 152 valence electrons. The number of rotatable bonds is 3. The van der Waals surface area contributed by atoms with Crippen LogP contribution >= 0.6 is 0 Å². The highest BCUT2D eigenvalue weighted by Gasteiger charge is 2.27. The van der Waals surface area contributed by atoms with Gasteiger partial charge in [0.1, 0.15) is 0 Å². The van der Waals surface area contributed by atoms with Crippen molar-refractivity contribution in [3.63, 3.8) is 0 Å². The number of hydrogen-bond donors (Lipinski definition) is 1. The Morgan fingerprint density at radius 2 is 1.69 bits per heavy atom. The van der Waals surface area contributed by atoms with Crippen molar-refractivity contribution in [2.75, 3.05) is 13.1 Å². The van der Waals surface area contributed by atoms with Crippen LogP contribution in [0.1, 0.15) is 32.8 Å². The number of imidazole rings is 1. The first-order valence-corrected chi connectivity index (χ1v) is 11.1. The minimum absolute atomic E-state index is 0.0301. The van der Waals surface area contributed by atoms with Crippen LogP contribution < -0.4 is 5.69 Å². The van der Waals surface area contributed by atoms with E-state index in [1.54, 1.807) is 16.7 Å². The summed E-state index contributed by atoms with van der Waals surface area (Å²) in [5.41, 5.74) is 3.26. The number of nitrogens with one attached hydrogen (secondary N) is 1. The second-order valence-electron chi connectivity index (χ2n) is 8.37. The molecule has 1 aliphatic heterocycles. The molecule has 0 radical (unpaired) electrons. The van der Waals surface area contributed by atoms with Crippen molar-refractivity contribution in [3.05, 3.63) is 70.7 Å². The Balaban J connectivity index is 1.60. The van der Waals surface area contributed by atoms with Crippen molar-refractivity contribution < 1.29 is 8.42 Å². The first-order chi connectivity index (χ1) is 13.7. The zero-order valence-corrected chi connectivity index (χ0v) is 17.7. The number of aromatic amines is 1. The van der Waals surface area contributed by atoms with Gasteiger partial charge < -0.3 is 4.98 Å². The van der Waals surface area contributed by atoms with Gasteiger partial charge in [-0.25, -0.2) is 13.2 Å². The summed E-state index contributed by atoms with van der Waals surface area (Å²) in [6.07, 6.45) is 2.30. The topological polar surface area (TPSA) is 75.2 Å². The van der Waals surface area contributed by atoms with E-state index in [1.165, 1.54) is 4.31 Å². The molecule has 1 N–H and O–H groups in total. The highest BCUT2D eigenvalue weighted by Crippen LogP contribution is 2.27. The molecule has 0 atom stereocenters. The van der Waals surface area contributed by atoms with Crippen LogP contribution in [0.2, 0.25) is 0 Å². The van der Waals surface area contributed by atoms with Crippen molar-refractivity contribution in [2.24, 2.45) is 0 Å². The van der Waals surface area contributed by atoms with Crippen LogP contribution in [0.15, 0.2) is 64.3 Å². The molecular formula is C22H25N3O3S. The Labute approximate surface area is 170 Å². The minimum Gasteiger partial charge on any atom is -0.305 e. The molecule has 0 saturated carbocycles. The monoisotopic (exact) mass is 411 g/mol. The number of aromatic nitrogens is 2. The van der Waals surface area contributed by atoms with E-state index in [1.807, 2.05) is 42.5 Å². The Hall–Kier alpha value is -2.64. The molecule has 4 rings (SSSR count). The lowest BCUT2D eigenvalue weighted by atomic mass is 9.87. The maximum atomic E-state index is 13.0. The molecule has 2 heterocycles. The molecule has 0 fully saturated rings. The van der Waals surface area contributed by atoms with Crippen LogP contribution in [-0.2, 0) is 15.4 Å². The first-order valence-electron chi connectivity index (χ1n) is 9.68. The van der Waals surface area contributed by atoms with E-state index in [0.717, 1.165) is 22.3 Å². The van der Waals surface area contributed by atoms with Gasteiger partial charge in [0, 0.05) is 25.2 Å². The summed E-state index contributed by atoms with van der Waals surface area (Å²) >= 11 is 0. The highest BCUT2D eigenvalue weighted by molar-refractivity contribution is 7.89. The summed E-state index contributed by atoms with van der Waals surface area (Å²) in [6.45, 7) is 6.87. The number of hydrogen-bond acceptors (Lipinski definition) is 3. The smallest absolute Gasteiger partial charge is 0.305 e. The number of para-hydroxylation sites is 2. The van der Waals surface area contributed by atoms with E-state index in [9.17, 15) is 13.2 Å². The van der Waals surface area contributed by atoms with Crippen molar-refractivity contribution in [3.8, 4) is 0 Å². The lowest BCUT2D eigenvalue weighted by Crippen LogP contribution is -2.36. The molecule has 0 amide bonds. The van der Waals surface area contributed by atoms with Crippen LogP contribution in [0.4, 0.5) is 0 Å². The zero-order chi connectivity index (χ0) is 20.8. The van der Waals surface area contributed by atoms with Crippen molar-refractivity contribution in [1.82, 2.24) is 13.9 Å². The SMILES string of the molecule is CC(C)(C)c1ccc(S(=O)(=O)N2CC=C(n3c(=O)[nH]c4ccccc43)CC2)cc1. The summed E-state index contributed by atoms with van der Waals surface area (Å²) in [5, 5.41) is 0. The van der Waals surface area contributed by atoms with Crippen molar-refractivity contribution >= 4 is 26.8 Å². The highest BCUT2D eigenvalue weighted by atomic mass is 32.2. The molecule has 3 aromatic rings. The molecule has 0 spiro atoms. The fourth-order valence-corrected chi connectivity index (χ4v) is 5.06. The van der Waals surface area contributed by atoms with Gasteiger partial charge in [0.15, 0.2) is 0 Å². The van der Waals surface area contributed by atoms with E-state index in [0.29, 0.717) is 17.9 Å². The Morgan fingerprint density at radius 3 is 2.31 bits per heavy atom. The molecular weight excluding hydrogens is 386 g/mol. The quantitative estimate of drug-likeness (QED) is 0.716. The molecule has 6 nitrogen and oxygen atoms in total. The first kappa shape index (κ1) is 19.7. The van der Waals surface area contributed by atoms with Gasteiger partial charge in [-0.1, -0.05) is 45.0 Å². The van der Waals surface area contributed by atoms with E-state index in [4.69, 9.17) is 0 Å². The van der Waals surface area contributed by atoms with Crippen LogP contribution in [-0.4, -0.2) is 35.4 Å². The molecule has 0 aliphatic carbocycles. The van der Waals surface area contributed by atoms with E-state index in [2.05, 4.69) is 25.8 Å². The second-order valence-corrected chi connectivity index (χ2v) is 10.3. The van der Waals surface area contributed by atoms with Crippen LogP contribution in [0, 0.1) is 0 Å². The normalized spacial score (nSPS) is 16.2. The van der Waals surface area contributed by atoms with Gasteiger partial charge in [-0.2, -0.15) is 4.31 Å². The third kappa shape index (κ3) is 3.56. The Morgan fingerprint density at radius 1 is 1.00 bits per heavy atom. The summed E-state index contributed by atoms with van der Waals surface area (Å²) in [7, 11) is -3.58. The van der Waals surface area contributed by atoms with Crippen molar-refractivity contribution in [1.29, 1.82) is 0 Å². The second kappa shape index (κ2) is 7.00. The van der Waals surface area contributed by atoms with Gasteiger partial charge >= 0.3 is 5.69 Å². The van der Waals surface area contributed by atoms with Crippen LogP contribution in [0.5, 0.6) is 0 Å². The number of nitrogens with zero attached hydrogens (tertiary/aromatic N) is 2. The molecule has 0 unspecified atom stereocenters. The van der Waals surface area contributed by atoms with Gasteiger partial charge in [-0.3, -0.25) is 4.57 Å². The summed E-state index contributed by atoms with van der Waals surface area (Å²) in [6, 6.07) is 14.6. The lowest BCUT2D eigenvalue weighted by Gasteiger charge is -2.26. The van der Waals surface area contributed by atoms with Gasteiger partial charge in [-0.15, -0.1) is 0 Å². The maximum Gasteiger partial charge on any atom is 0.330 e. The number of H-pyrrole nitrogens is 1. The van der Waals surface area contributed by atoms with E-state index >= 15 is 0 Å². The third-order valence-corrected chi connectivity index (χ3v) is 7.26. The minimum atomic E-state index is -3.58. The van der Waals surface area contributed by atoms with Gasteiger partial charge in [-0.05, 0) is 41.3 Å². The third-order valence-electron chi connectivity index (χ3n) is 5.38. The molecule has 7 heteroatoms. The maximum absolute atomic E-state index is 13.0. The summed E-state index contributed by atoms with van der Waals surface area (Å²) in [5.74, 6) is 0. The van der Waals surface area contributed by atoms with Gasteiger partial charge in [0.2, 0.25) is 10.0 Å². The predicted octanol–water partition coefficient (Wildman–Crippen LogP) is 3.56. The van der Waals surface area contributed by atoms with E-state index < -0.39 is 10.0 Å². The lowest BCUT2D eigenvalue weighted by molar-refractivity contribution is 0.437. The Kier molecular flexibility index (Phi) is 4.75. The Bertz CT molecular complexity index is 1240. The van der Waals surface area contributed by atoms with E-state index in [-0.39, 0.29) is 17.6 Å². The fourth-order valence-electron chi connectivity index (χ4n) is 3.68.